The van der Waals surface area contributed by atoms with Gasteiger partial charge < -0.3 is 33.2 Å². The SMILES string of the molecule is CC(=O)OCC(C)[C@@H](OC(C)=O)C(OC(C)=O)C(OC(C)=O)[C@H](O)Oc1ccc2c(C)cc(=O)oc2c1. The third kappa shape index (κ3) is 8.60. The van der Waals surface area contributed by atoms with E-state index in [9.17, 15) is 29.1 Å². The summed E-state index contributed by atoms with van der Waals surface area (Å²) in [6, 6.07) is 5.76. The van der Waals surface area contributed by atoms with Crippen molar-refractivity contribution in [2.24, 2.45) is 5.92 Å². The van der Waals surface area contributed by atoms with Crippen molar-refractivity contribution in [3.63, 3.8) is 0 Å². The first-order chi connectivity index (χ1) is 17.3. The molecule has 0 aliphatic carbocycles. The summed E-state index contributed by atoms with van der Waals surface area (Å²) < 4.78 is 31.6. The Kier molecular flexibility index (Phi) is 10.2. The Morgan fingerprint density at radius 1 is 0.865 bits per heavy atom. The van der Waals surface area contributed by atoms with Crippen molar-refractivity contribution < 1.29 is 52.4 Å². The van der Waals surface area contributed by atoms with Crippen LogP contribution in [0, 0.1) is 12.8 Å². The van der Waals surface area contributed by atoms with E-state index in [1.807, 2.05) is 0 Å². The summed E-state index contributed by atoms with van der Waals surface area (Å²) in [6.07, 6.45) is -6.51. The molecule has 1 N–H and O–H groups in total. The molecule has 3 unspecified atom stereocenters. The molecule has 5 atom stereocenters. The van der Waals surface area contributed by atoms with E-state index >= 15 is 0 Å². The number of fused-ring (bicyclic) bond motifs is 1. The molecule has 1 aromatic heterocycles. The standard InChI is InChI=1S/C25H30O12/c1-12-9-21(30)37-20-10-18(7-8-19(12)20)36-25(31)24(35-17(6)29)23(34-16(5)28)22(33-15(4)27)13(2)11-32-14(3)26/h7-10,13,22-25,31H,11H2,1-6H3/t13?,22-,23?,24?,25-/m1/s1. The second-order valence-electron chi connectivity index (χ2n) is 8.42. The van der Waals surface area contributed by atoms with Crippen LogP contribution in [0.25, 0.3) is 11.0 Å². The number of ether oxygens (including phenoxy) is 5. The highest BCUT2D eigenvalue weighted by Crippen LogP contribution is 2.27. The molecule has 0 aliphatic heterocycles. The molecule has 37 heavy (non-hydrogen) atoms. The van der Waals surface area contributed by atoms with Gasteiger partial charge in [0.2, 0.25) is 12.4 Å². The van der Waals surface area contributed by atoms with Gasteiger partial charge in [0.05, 0.1) is 6.61 Å². The quantitative estimate of drug-likeness (QED) is 0.197. The Hall–Kier alpha value is -3.93. The van der Waals surface area contributed by atoms with E-state index in [-0.39, 0.29) is 17.9 Å². The third-order valence-electron chi connectivity index (χ3n) is 5.12. The maximum Gasteiger partial charge on any atom is 0.336 e. The van der Waals surface area contributed by atoms with E-state index in [0.717, 1.165) is 20.8 Å². The lowest BCUT2D eigenvalue weighted by atomic mass is 9.95. The summed E-state index contributed by atoms with van der Waals surface area (Å²) in [6.45, 7) is 7.44. The van der Waals surface area contributed by atoms with Crippen molar-refractivity contribution in [3.8, 4) is 5.75 Å². The normalized spacial score (nSPS) is 15.0. The number of aliphatic hydroxyl groups is 1. The molecule has 0 saturated carbocycles. The zero-order chi connectivity index (χ0) is 27.9. The molecule has 12 heteroatoms. The van der Waals surface area contributed by atoms with Gasteiger partial charge in [-0.1, -0.05) is 6.92 Å². The summed E-state index contributed by atoms with van der Waals surface area (Å²) in [7, 11) is 0. The highest BCUT2D eigenvalue weighted by atomic mass is 16.7. The van der Waals surface area contributed by atoms with Crippen LogP contribution in [0.3, 0.4) is 0 Å². The zero-order valence-electron chi connectivity index (χ0n) is 21.3. The molecular formula is C25H30O12. The van der Waals surface area contributed by atoms with Crippen molar-refractivity contribution in [1.82, 2.24) is 0 Å². The number of aryl methyl sites for hydroxylation is 1. The van der Waals surface area contributed by atoms with Gasteiger partial charge in [0.1, 0.15) is 17.4 Å². The molecule has 0 fully saturated rings. The van der Waals surface area contributed by atoms with Gasteiger partial charge in [-0.05, 0) is 24.6 Å². The maximum atomic E-state index is 12.0. The van der Waals surface area contributed by atoms with Gasteiger partial charge in [0.25, 0.3) is 0 Å². The largest absolute Gasteiger partial charge is 0.465 e. The van der Waals surface area contributed by atoms with Crippen molar-refractivity contribution in [2.75, 3.05) is 6.61 Å². The molecule has 1 heterocycles. The van der Waals surface area contributed by atoms with E-state index in [2.05, 4.69) is 0 Å². The molecule has 1 aromatic carbocycles. The van der Waals surface area contributed by atoms with E-state index in [4.69, 9.17) is 28.1 Å². The Bertz CT molecular complexity index is 1200. The van der Waals surface area contributed by atoms with Gasteiger partial charge in [-0.3, -0.25) is 19.2 Å². The lowest BCUT2D eigenvalue weighted by molar-refractivity contribution is -0.216. The van der Waals surface area contributed by atoms with Gasteiger partial charge in [-0.25, -0.2) is 4.79 Å². The second-order valence-corrected chi connectivity index (χ2v) is 8.42. The molecule has 0 aliphatic rings. The van der Waals surface area contributed by atoms with Crippen molar-refractivity contribution in [3.05, 3.63) is 40.2 Å². The average Bonchev–Trinajstić information content (AvgIpc) is 2.77. The molecule has 0 spiro atoms. The van der Waals surface area contributed by atoms with E-state index in [0.29, 0.717) is 10.9 Å². The molecule has 12 nitrogen and oxygen atoms in total. The monoisotopic (exact) mass is 522 g/mol. The Balaban J connectivity index is 2.47. The van der Waals surface area contributed by atoms with Gasteiger partial charge in [-0.15, -0.1) is 0 Å². The van der Waals surface area contributed by atoms with E-state index in [1.165, 1.54) is 25.1 Å². The van der Waals surface area contributed by atoms with Crippen molar-refractivity contribution in [2.45, 2.75) is 66.1 Å². The Morgan fingerprint density at radius 3 is 2.00 bits per heavy atom. The van der Waals surface area contributed by atoms with Crippen LogP contribution in [-0.4, -0.2) is 60.2 Å². The highest BCUT2D eigenvalue weighted by molar-refractivity contribution is 5.81. The molecule has 0 amide bonds. The molecule has 202 valence electrons. The van der Waals surface area contributed by atoms with Crippen LogP contribution >= 0.6 is 0 Å². The van der Waals surface area contributed by atoms with Crippen molar-refractivity contribution in [1.29, 1.82) is 0 Å². The number of hydrogen-bond acceptors (Lipinski definition) is 12. The molecule has 2 aromatic rings. The number of rotatable bonds is 11. The molecular weight excluding hydrogens is 492 g/mol. The van der Waals surface area contributed by atoms with Gasteiger partial charge >= 0.3 is 29.5 Å². The molecule has 0 bridgehead atoms. The van der Waals surface area contributed by atoms with Crippen LogP contribution in [0.1, 0.15) is 40.2 Å². The number of carbonyl (C=O) groups excluding carboxylic acids is 4. The lowest BCUT2D eigenvalue weighted by Gasteiger charge is -2.36. The van der Waals surface area contributed by atoms with Crippen LogP contribution in [0.15, 0.2) is 33.5 Å². The van der Waals surface area contributed by atoms with Gasteiger partial charge in [-0.2, -0.15) is 0 Å². The summed E-state index contributed by atoms with van der Waals surface area (Å²) >= 11 is 0. The topological polar surface area (TPSA) is 165 Å². The fraction of sp³-hybridized carbons (Fsp3) is 0.480. The number of carbonyl (C=O) groups is 4. The number of aliphatic hydroxyl groups excluding tert-OH is 1. The third-order valence-corrected chi connectivity index (χ3v) is 5.12. The summed E-state index contributed by atoms with van der Waals surface area (Å²) in [4.78, 5) is 58.8. The van der Waals surface area contributed by atoms with E-state index < -0.39 is 60.0 Å². The molecule has 2 rings (SSSR count). The fourth-order valence-electron chi connectivity index (χ4n) is 3.62. The minimum absolute atomic E-state index is 0.0319. The van der Waals surface area contributed by atoms with Crippen LogP contribution < -0.4 is 10.4 Å². The predicted molar refractivity (Wildman–Crippen MR) is 126 cm³/mol. The van der Waals surface area contributed by atoms with Gasteiger partial charge in [0, 0.05) is 51.1 Å². The second kappa shape index (κ2) is 12.9. The first-order valence-electron chi connectivity index (χ1n) is 11.3. The smallest absolute Gasteiger partial charge is 0.336 e. The van der Waals surface area contributed by atoms with Crippen LogP contribution in [0.5, 0.6) is 5.75 Å². The number of esters is 4. The number of hydrogen-bond donors (Lipinski definition) is 1. The average molecular weight is 523 g/mol. The first-order valence-corrected chi connectivity index (χ1v) is 11.3. The summed E-state index contributed by atoms with van der Waals surface area (Å²) in [5, 5.41) is 11.6. The first kappa shape index (κ1) is 29.3. The Labute approximate surface area is 212 Å². The lowest BCUT2D eigenvalue weighted by Crippen LogP contribution is -2.54. The van der Waals surface area contributed by atoms with Crippen LogP contribution in [0.4, 0.5) is 0 Å². The predicted octanol–water partition coefficient (Wildman–Crippen LogP) is 1.79. The minimum atomic E-state index is -1.94. The summed E-state index contributed by atoms with van der Waals surface area (Å²) in [5.41, 5.74) is 0.265. The van der Waals surface area contributed by atoms with Crippen LogP contribution in [-0.2, 0) is 38.1 Å². The fourth-order valence-corrected chi connectivity index (χ4v) is 3.62. The summed E-state index contributed by atoms with van der Waals surface area (Å²) in [5.74, 6) is -3.80. The molecule has 0 saturated heterocycles. The minimum Gasteiger partial charge on any atom is -0.465 e. The maximum absolute atomic E-state index is 12.0. The van der Waals surface area contributed by atoms with E-state index in [1.54, 1.807) is 19.9 Å². The highest BCUT2D eigenvalue weighted by Gasteiger charge is 2.45. The van der Waals surface area contributed by atoms with Gasteiger partial charge in [0.15, 0.2) is 6.10 Å². The number of benzene rings is 1. The zero-order valence-corrected chi connectivity index (χ0v) is 21.3. The molecule has 0 radical (unpaired) electrons. The Morgan fingerprint density at radius 2 is 1.43 bits per heavy atom. The van der Waals surface area contributed by atoms with Crippen LogP contribution in [0.2, 0.25) is 0 Å². The van der Waals surface area contributed by atoms with Crippen molar-refractivity contribution >= 4 is 34.8 Å².